The molecule has 0 aromatic heterocycles. The van der Waals surface area contributed by atoms with Gasteiger partial charge in [0.15, 0.2) is 42.7 Å². The summed E-state index contributed by atoms with van der Waals surface area (Å²) in [6, 6.07) is 23.5. The Kier molecular flexibility index (Phi) is 12.2. The predicted octanol–water partition coefficient (Wildman–Crippen LogP) is 7.28. The molecule has 0 fully saturated rings. The van der Waals surface area contributed by atoms with Crippen LogP contribution in [0, 0.1) is 0 Å². The minimum Gasteiger partial charge on any atom is -0.504 e. The first kappa shape index (κ1) is 34.5. The number of hydrogen-bond acceptors (Lipinski definition) is 8. The van der Waals surface area contributed by atoms with Crippen LogP contribution in [0.25, 0.3) is 22.3 Å². The maximum atomic E-state index is 11.6. The molecule has 2 N–H and O–H groups in total. The summed E-state index contributed by atoms with van der Waals surface area (Å²) in [6.07, 6.45) is 6.50. The number of phenols is 2. The molecule has 10 heteroatoms. The first-order valence-corrected chi connectivity index (χ1v) is 18.1. The summed E-state index contributed by atoms with van der Waals surface area (Å²) >= 11 is 0. The van der Waals surface area contributed by atoms with E-state index >= 15 is 0 Å². The normalized spacial score (nSPS) is 11.4. The molecule has 0 amide bonds. The lowest BCUT2D eigenvalue weighted by Gasteiger charge is -2.14. The number of aromatic hydroxyl groups is 2. The molecule has 0 aliphatic rings. The molecule has 0 aliphatic heterocycles. The minimum atomic E-state index is -3.21. The zero-order valence-electron chi connectivity index (χ0n) is 25.5. The Hall–Kier alpha value is -4.02. The molecule has 0 heterocycles. The average molecular weight is 641 g/mol. The smallest absolute Gasteiger partial charge is 0.175 e. The molecule has 0 atom stereocenters. The van der Waals surface area contributed by atoms with E-state index in [0.29, 0.717) is 23.7 Å². The standard InChI is InChI=1S/C21H28O4S.C13H12O4S/c1-4-6-14-24-20-13-10-18(16-21(20)25-15-7-5-2)17-8-11-19(12-9-17)26(3,22)23;1-18(16,17)11-5-2-9(3-6-11)10-4-7-12(14)13(15)8-10/h8-13,16H,4-7,14-15H2,1-3H3;2-8,14-15H,1H3. The van der Waals surface area contributed by atoms with E-state index in [1.54, 1.807) is 30.3 Å². The molecule has 0 bridgehead atoms. The first-order chi connectivity index (χ1) is 20.8. The van der Waals surface area contributed by atoms with Gasteiger partial charge in [-0.25, -0.2) is 16.8 Å². The number of hydrogen-bond donors (Lipinski definition) is 2. The van der Waals surface area contributed by atoms with E-state index in [-0.39, 0.29) is 16.4 Å². The quantitative estimate of drug-likeness (QED) is 0.122. The van der Waals surface area contributed by atoms with Crippen LogP contribution in [0.4, 0.5) is 0 Å². The van der Waals surface area contributed by atoms with Gasteiger partial charge in [0.05, 0.1) is 23.0 Å². The van der Waals surface area contributed by atoms with Crippen LogP contribution in [0.3, 0.4) is 0 Å². The Labute approximate surface area is 260 Å². The summed E-state index contributed by atoms with van der Waals surface area (Å²) in [7, 11) is -6.40. The number of rotatable bonds is 12. The highest BCUT2D eigenvalue weighted by Gasteiger charge is 2.11. The van der Waals surface area contributed by atoms with Gasteiger partial charge in [-0.15, -0.1) is 0 Å². The topological polar surface area (TPSA) is 127 Å². The second kappa shape index (κ2) is 15.6. The highest BCUT2D eigenvalue weighted by molar-refractivity contribution is 7.91. The van der Waals surface area contributed by atoms with Gasteiger partial charge in [0.25, 0.3) is 0 Å². The SMILES string of the molecule is CCCCOc1ccc(-c2ccc(S(C)(=O)=O)cc2)cc1OCCCC.CS(=O)(=O)c1ccc(-c2ccc(O)c(O)c2)cc1. The molecule has 4 aromatic carbocycles. The highest BCUT2D eigenvalue weighted by Crippen LogP contribution is 2.34. The molecule has 0 aliphatic carbocycles. The van der Waals surface area contributed by atoms with Crippen molar-refractivity contribution in [3.63, 3.8) is 0 Å². The molecule has 0 spiro atoms. The van der Waals surface area contributed by atoms with Crippen molar-refractivity contribution in [2.45, 2.75) is 49.3 Å². The van der Waals surface area contributed by atoms with Crippen LogP contribution < -0.4 is 9.47 Å². The Morgan fingerprint density at radius 1 is 0.523 bits per heavy atom. The first-order valence-electron chi connectivity index (χ1n) is 14.4. The summed E-state index contributed by atoms with van der Waals surface area (Å²) in [5.74, 6) is 1.09. The third-order valence-corrected chi connectivity index (χ3v) is 8.92. The van der Waals surface area contributed by atoms with Gasteiger partial charge < -0.3 is 19.7 Å². The van der Waals surface area contributed by atoms with Gasteiger partial charge in [-0.3, -0.25) is 0 Å². The number of benzene rings is 4. The molecule has 236 valence electrons. The average Bonchev–Trinajstić information content (AvgIpc) is 2.99. The number of unbranched alkanes of at least 4 members (excludes halogenated alkanes) is 2. The summed E-state index contributed by atoms with van der Waals surface area (Å²) in [5, 5.41) is 18.6. The van der Waals surface area contributed by atoms with Crippen molar-refractivity contribution < 1.29 is 36.5 Å². The van der Waals surface area contributed by atoms with Crippen LogP contribution in [0.1, 0.15) is 39.5 Å². The Morgan fingerprint density at radius 2 is 0.932 bits per heavy atom. The van der Waals surface area contributed by atoms with Crippen molar-refractivity contribution in [3.05, 3.63) is 84.9 Å². The lowest BCUT2D eigenvalue weighted by atomic mass is 10.1. The van der Waals surface area contributed by atoms with Crippen LogP contribution >= 0.6 is 0 Å². The lowest BCUT2D eigenvalue weighted by molar-refractivity contribution is 0.262. The Bertz CT molecular complexity index is 1730. The molecular weight excluding hydrogens is 601 g/mol. The van der Waals surface area contributed by atoms with Crippen molar-refractivity contribution in [2.24, 2.45) is 0 Å². The number of ether oxygens (including phenoxy) is 2. The zero-order valence-corrected chi connectivity index (χ0v) is 27.1. The van der Waals surface area contributed by atoms with Crippen LogP contribution in [0.15, 0.2) is 94.7 Å². The summed E-state index contributed by atoms with van der Waals surface area (Å²) in [6.45, 7) is 5.58. The summed E-state index contributed by atoms with van der Waals surface area (Å²) in [5.41, 5.74) is 3.38. The molecule has 44 heavy (non-hydrogen) atoms. The van der Waals surface area contributed by atoms with Gasteiger partial charge in [0.1, 0.15) is 0 Å². The zero-order chi connectivity index (χ0) is 32.3. The summed E-state index contributed by atoms with van der Waals surface area (Å²) < 4.78 is 57.6. The molecule has 0 unspecified atom stereocenters. The number of phenolic OH excluding ortho intramolecular Hbond substituents is 2. The van der Waals surface area contributed by atoms with E-state index in [9.17, 15) is 27.0 Å². The van der Waals surface area contributed by atoms with E-state index in [2.05, 4.69) is 13.8 Å². The van der Waals surface area contributed by atoms with E-state index in [0.717, 1.165) is 60.1 Å². The molecule has 4 rings (SSSR count). The van der Waals surface area contributed by atoms with Gasteiger partial charge in [-0.05, 0) is 83.6 Å². The minimum absolute atomic E-state index is 0.188. The van der Waals surface area contributed by atoms with Crippen molar-refractivity contribution in [1.29, 1.82) is 0 Å². The fraction of sp³-hybridized carbons (Fsp3) is 0.294. The molecule has 8 nitrogen and oxygen atoms in total. The fourth-order valence-electron chi connectivity index (χ4n) is 4.06. The van der Waals surface area contributed by atoms with Crippen molar-refractivity contribution in [3.8, 4) is 45.3 Å². The monoisotopic (exact) mass is 640 g/mol. The molecule has 0 saturated heterocycles. The largest absolute Gasteiger partial charge is 0.504 e. The summed E-state index contributed by atoms with van der Waals surface area (Å²) in [4.78, 5) is 0.564. The van der Waals surface area contributed by atoms with E-state index in [1.165, 1.54) is 30.5 Å². The Balaban J connectivity index is 0.000000257. The fourth-order valence-corrected chi connectivity index (χ4v) is 5.33. The maximum absolute atomic E-state index is 11.6. The van der Waals surface area contributed by atoms with Crippen LogP contribution in [0.2, 0.25) is 0 Å². The molecular formula is C34H40O8S2. The third-order valence-electron chi connectivity index (χ3n) is 6.66. The van der Waals surface area contributed by atoms with Gasteiger partial charge >= 0.3 is 0 Å². The van der Waals surface area contributed by atoms with Gasteiger partial charge in [-0.2, -0.15) is 0 Å². The third kappa shape index (κ3) is 10.0. The van der Waals surface area contributed by atoms with Crippen molar-refractivity contribution in [1.82, 2.24) is 0 Å². The van der Waals surface area contributed by atoms with Gasteiger partial charge in [0.2, 0.25) is 0 Å². The van der Waals surface area contributed by atoms with E-state index in [1.807, 2.05) is 30.3 Å². The lowest BCUT2D eigenvalue weighted by Crippen LogP contribution is -2.02. The van der Waals surface area contributed by atoms with Crippen molar-refractivity contribution in [2.75, 3.05) is 25.7 Å². The van der Waals surface area contributed by atoms with E-state index < -0.39 is 19.7 Å². The van der Waals surface area contributed by atoms with E-state index in [4.69, 9.17) is 9.47 Å². The maximum Gasteiger partial charge on any atom is 0.175 e. The van der Waals surface area contributed by atoms with Gasteiger partial charge in [0, 0.05) is 12.5 Å². The van der Waals surface area contributed by atoms with Crippen LogP contribution in [-0.2, 0) is 19.7 Å². The second-order valence-electron chi connectivity index (χ2n) is 10.4. The number of sulfone groups is 2. The van der Waals surface area contributed by atoms with Crippen LogP contribution in [0.5, 0.6) is 23.0 Å². The molecule has 0 saturated carbocycles. The Morgan fingerprint density at radius 3 is 1.36 bits per heavy atom. The van der Waals surface area contributed by atoms with Crippen LogP contribution in [-0.4, -0.2) is 52.8 Å². The molecule has 0 radical (unpaired) electrons. The van der Waals surface area contributed by atoms with Gasteiger partial charge in [-0.1, -0.05) is 63.1 Å². The second-order valence-corrected chi connectivity index (χ2v) is 14.4. The van der Waals surface area contributed by atoms with Crippen molar-refractivity contribution >= 4 is 19.7 Å². The molecule has 4 aromatic rings. The predicted molar refractivity (Wildman–Crippen MR) is 174 cm³/mol. The highest BCUT2D eigenvalue weighted by atomic mass is 32.2.